The molecule has 4 rings (SSSR count). The second kappa shape index (κ2) is 7.82. The van der Waals surface area contributed by atoms with Crippen LogP contribution < -0.4 is 5.32 Å². The largest absolute Gasteiger partial charge is 0.381 e. The molecule has 1 atom stereocenters. The van der Waals surface area contributed by atoms with Crippen LogP contribution in [0.25, 0.3) is 0 Å². The van der Waals surface area contributed by atoms with Crippen molar-refractivity contribution in [1.82, 2.24) is 14.7 Å². The molecule has 1 spiro atoms. The summed E-state index contributed by atoms with van der Waals surface area (Å²) in [7, 11) is 1.62. The van der Waals surface area contributed by atoms with Gasteiger partial charge in [0.2, 0.25) is 5.91 Å². The van der Waals surface area contributed by atoms with Gasteiger partial charge in [-0.2, -0.15) is 0 Å². The number of nitrogens with zero attached hydrogens (tertiary/aromatic N) is 3. The van der Waals surface area contributed by atoms with E-state index < -0.39 is 23.4 Å². The van der Waals surface area contributed by atoms with E-state index >= 15 is 0 Å². The summed E-state index contributed by atoms with van der Waals surface area (Å²) in [6.07, 6.45) is 1.64. The van der Waals surface area contributed by atoms with Crippen molar-refractivity contribution in [3.05, 3.63) is 29.3 Å². The number of likely N-dealkylation sites (N-methyl/N-ethyl adjacent to an activating group) is 1. The van der Waals surface area contributed by atoms with E-state index in [1.54, 1.807) is 11.9 Å². The molecule has 1 aromatic rings. The normalized spacial score (nSPS) is 23.7. The summed E-state index contributed by atoms with van der Waals surface area (Å²) < 4.78 is 34.1. The Morgan fingerprint density at radius 1 is 1.17 bits per heavy atom. The number of hydrogen-bond acceptors (Lipinski definition) is 4. The van der Waals surface area contributed by atoms with Crippen molar-refractivity contribution in [2.75, 3.05) is 58.3 Å². The number of likely N-dealkylation sites (tertiary alicyclic amines) is 1. The molecule has 0 bridgehead atoms. The minimum Gasteiger partial charge on any atom is -0.381 e. The monoisotopic (exact) mass is 422 g/mol. The molecule has 1 aromatic carbocycles. The van der Waals surface area contributed by atoms with E-state index in [1.165, 1.54) is 9.80 Å². The highest BCUT2D eigenvalue weighted by Gasteiger charge is 2.43. The van der Waals surface area contributed by atoms with Gasteiger partial charge in [0.05, 0.1) is 17.9 Å². The summed E-state index contributed by atoms with van der Waals surface area (Å²) in [5.74, 6) is -3.12. The van der Waals surface area contributed by atoms with Crippen molar-refractivity contribution in [2.24, 2.45) is 5.41 Å². The van der Waals surface area contributed by atoms with Gasteiger partial charge in [-0.1, -0.05) is 0 Å². The molecule has 3 heterocycles. The van der Waals surface area contributed by atoms with Gasteiger partial charge in [-0.25, -0.2) is 13.6 Å². The SMILES string of the molecule is CN1CCN(CC(=O)Nc2cc(C(=O)N3CCC4(CCOC4)C3)c(F)cc2F)C1=O. The predicted octanol–water partition coefficient (Wildman–Crippen LogP) is 1.52. The van der Waals surface area contributed by atoms with Crippen molar-refractivity contribution in [2.45, 2.75) is 12.8 Å². The molecule has 1 N–H and O–H groups in total. The van der Waals surface area contributed by atoms with Crippen molar-refractivity contribution in [3.8, 4) is 0 Å². The zero-order valence-electron chi connectivity index (χ0n) is 16.7. The Hall–Kier alpha value is -2.75. The summed E-state index contributed by atoms with van der Waals surface area (Å²) in [5.41, 5.74) is -0.666. The van der Waals surface area contributed by atoms with Gasteiger partial charge >= 0.3 is 6.03 Å². The minimum atomic E-state index is -0.982. The van der Waals surface area contributed by atoms with Crippen LogP contribution in [0.1, 0.15) is 23.2 Å². The number of ether oxygens (including phenoxy) is 1. The van der Waals surface area contributed by atoms with Gasteiger partial charge in [0.1, 0.15) is 18.2 Å². The van der Waals surface area contributed by atoms with E-state index in [4.69, 9.17) is 4.74 Å². The van der Waals surface area contributed by atoms with Crippen LogP contribution in [-0.2, 0) is 9.53 Å². The zero-order valence-corrected chi connectivity index (χ0v) is 16.7. The van der Waals surface area contributed by atoms with Gasteiger partial charge in [-0.05, 0) is 18.9 Å². The van der Waals surface area contributed by atoms with Crippen LogP contribution in [0.4, 0.5) is 19.3 Å². The molecule has 3 fully saturated rings. The molecule has 3 saturated heterocycles. The second-order valence-corrected chi connectivity index (χ2v) is 8.27. The number of carbonyl (C=O) groups excluding carboxylic acids is 3. The molecule has 30 heavy (non-hydrogen) atoms. The summed E-state index contributed by atoms with van der Waals surface area (Å²) in [5, 5.41) is 2.35. The van der Waals surface area contributed by atoms with E-state index in [0.717, 1.165) is 18.9 Å². The average Bonchev–Trinajstić information content (AvgIpc) is 3.42. The maximum atomic E-state index is 14.4. The molecule has 0 saturated carbocycles. The van der Waals surface area contributed by atoms with Crippen LogP contribution in [0.2, 0.25) is 0 Å². The molecule has 4 amide bonds. The molecule has 0 aromatic heterocycles. The van der Waals surface area contributed by atoms with E-state index in [9.17, 15) is 23.2 Å². The number of amides is 4. The van der Waals surface area contributed by atoms with Crippen LogP contribution in [0, 0.1) is 17.0 Å². The van der Waals surface area contributed by atoms with Gasteiger partial charge in [0, 0.05) is 51.3 Å². The molecule has 0 radical (unpaired) electrons. The number of halogens is 2. The van der Waals surface area contributed by atoms with Gasteiger partial charge in [-0.3, -0.25) is 9.59 Å². The standard InChI is InChI=1S/C20H24F2N4O4/c1-24-5-6-25(19(24)29)10-17(27)23-16-8-13(14(21)9-15(16)22)18(28)26-4-2-20(11-26)3-7-30-12-20/h8-9H,2-7,10-12H2,1H3,(H,23,27). The summed E-state index contributed by atoms with van der Waals surface area (Å²) >= 11 is 0. The van der Waals surface area contributed by atoms with Crippen LogP contribution in [0.5, 0.6) is 0 Å². The lowest BCUT2D eigenvalue weighted by Gasteiger charge is -2.22. The maximum Gasteiger partial charge on any atom is 0.320 e. The number of benzene rings is 1. The van der Waals surface area contributed by atoms with E-state index in [0.29, 0.717) is 45.5 Å². The molecule has 0 aliphatic carbocycles. The average molecular weight is 422 g/mol. The lowest BCUT2D eigenvalue weighted by Crippen LogP contribution is -2.36. The molecule has 10 heteroatoms. The third-order valence-corrected chi connectivity index (χ3v) is 6.11. The number of anilines is 1. The van der Waals surface area contributed by atoms with Crippen LogP contribution in [-0.4, -0.2) is 85.5 Å². The van der Waals surface area contributed by atoms with E-state index in [-0.39, 0.29) is 29.2 Å². The first kappa shape index (κ1) is 20.5. The molecule has 1 unspecified atom stereocenters. The third kappa shape index (κ3) is 3.83. The first-order valence-electron chi connectivity index (χ1n) is 9.94. The van der Waals surface area contributed by atoms with E-state index in [1.807, 2.05) is 0 Å². The maximum absolute atomic E-state index is 14.4. The van der Waals surface area contributed by atoms with Gasteiger partial charge in [0.25, 0.3) is 5.91 Å². The summed E-state index contributed by atoms with van der Waals surface area (Å²) in [6, 6.07) is 1.33. The number of urea groups is 1. The van der Waals surface area contributed by atoms with Gasteiger partial charge in [0.15, 0.2) is 0 Å². The highest BCUT2D eigenvalue weighted by molar-refractivity contribution is 5.98. The fourth-order valence-corrected chi connectivity index (χ4v) is 4.27. The molecule has 162 valence electrons. The smallest absolute Gasteiger partial charge is 0.320 e. The topological polar surface area (TPSA) is 82.2 Å². The number of carbonyl (C=O) groups is 3. The fourth-order valence-electron chi connectivity index (χ4n) is 4.27. The summed E-state index contributed by atoms with van der Waals surface area (Å²) in [6.45, 7) is 2.81. The highest BCUT2D eigenvalue weighted by Crippen LogP contribution is 2.39. The lowest BCUT2D eigenvalue weighted by atomic mass is 9.87. The molecule has 8 nitrogen and oxygen atoms in total. The van der Waals surface area contributed by atoms with Gasteiger partial charge in [-0.15, -0.1) is 0 Å². The van der Waals surface area contributed by atoms with Crippen molar-refractivity contribution in [3.63, 3.8) is 0 Å². The van der Waals surface area contributed by atoms with Crippen molar-refractivity contribution >= 4 is 23.5 Å². The van der Waals surface area contributed by atoms with Crippen molar-refractivity contribution in [1.29, 1.82) is 0 Å². The van der Waals surface area contributed by atoms with Crippen molar-refractivity contribution < 1.29 is 27.9 Å². The van der Waals surface area contributed by atoms with Crippen LogP contribution in [0.15, 0.2) is 12.1 Å². The molecular weight excluding hydrogens is 398 g/mol. The van der Waals surface area contributed by atoms with Gasteiger partial charge < -0.3 is 24.8 Å². The zero-order chi connectivity index (χ0) is 21.5. The molecule has 3 aliphatic rings. The first-order valence-corrected chi connectivity index (χ1v) is 9.94. The Labute approximate surface area is 172 Å². The second-order valence-electron chi connectivity index (χ2n) is 8.27. The Balaban J connectivity index is 1.46. The Bertz CT molecular complexity index is 888. The highest BCUT2D eigenvalue weighted by atomic mass is 19.1. The Kier molecular flexibility index (Phi) is 5.35. The minimum absolute atomic E-state index is 0.0847. The Morgan fingerprint density at radius 2 is 1.97 bits per heavy atom. The van der Waals surface area contributed by atoms with Crippen LogP contribution >= 0.6 is 0 Å². The number of hydrogen-bond donors (Lipinski definition) is 1. The first-order chi connectivity index (χ1) is 14.3. The quantitative estimate of drug-likeness (QED) is 0.798. The predicted molar refractivity (Wildman–Crippen MR) is 103 cm³/mol. The van der Waals surface area contributed by atoms with E-state index in [2.05, 4.69) is 5.32 Å². The summed E-state index contributed by atoms with van der Waals surface area (Å²) in [4.78, 5) is 41.4. The lowest BCUT2D eigenvalue weighted by molar-refractivity contribution is -0.116. The third-order valence-electron chi connectivity index (χ3n) is 6.11. The Morgan fingerprint density at radius 3 is 2.63 bits per heavy atom. The number of rotatable bonds is 4. The fraction of sp³-hybridized carbons (Fsp3) is 0.550. The molecular formula is C20H24F2N4O4. The molecule has 3 aliphatic heterocycles. The number of nitrogens with one attached hydrogen (secondary N) is 1. The van der Waals surface area contributed by atoms with Crippen LogP contribution in [0.3, 0.4) is 0 Å².